The Kier molecular flexibility index (Phi) is 5.07. The Morgan fingerprint density at radius 2 is 2.32 bits per heavy atom. The molecule has 19 heavy (non-hydrogen) atoms. The number of carbonyl (C=O) groups is 1. The SMILES string of the molecule is COC(=O)CC(NC(C)c1nccs1)c1cccs1. The van der Waals surface area contributed by atoms with E-state index in [1.807, 2.05) is 22.9 Å². The number of nitrogens with zero attached hydrogens (tertiary/aromatic N) is 1. The van der Waals surface area contributed by atoms with Crippen molar-refractivity contribution in [2.45, 2.75) is 25.4 Å². The molecule has 0 spiro atoms. The number of hydrogen-bond acceptors (Lipinski definition) is 6. The molecule has 0 aliphatic heterocycles. The fourth-order valence-electron chi connectivity index (χ4n) is 1.80. The van der Waals surface area contributed by atoms with Crippen molar-refractivity contribution < 1.29 is 9.53 Å². The number of ether oxygens (including phenoxy) is 1. The molecule has 102 valence electrons. The lowest BCUT2D eigenvalue weighted by molar-refractivity contribution is -0.141. The molecule has 0 saturated heterocycles. The number of thiazole rings is 1. The second kappa shape index (κ2) is 6.79. The van der Waals surface area contributed by atoms with Gasteiger partial charge in [0.25, 0.3) is 0 Å². The van der Waals surface area contributed by atoms with E-state index in [-0.39, 0.29) is 18.1 Å². The monoisotopic (exact) mass is 296 g/mol. The normalized spacial score (nSPS) is 14.0. The van der Waals surface area contributed by atoms with Gasteiger partial charge in [-0.1, -0.05) is 6.07 Å². The average Bonchev–Trinajstić information content (AvgIpc) is 3.10. The summed E-state index contributed by atoms with van der Waals surface area (Å²) < 4.78 is 4.76. The van der Waals surface area contributed by atoms with Gasteiger partial charge in [0.15, 0.2) is 0 Å². The maximum atomic E-state index is 11.5. The number of methoxy groups -OCH3 is 1. The van der Waals surface area contributed by atoms with Crippen molar-refractivity contribution in [1.82, 2.24) is 10.3 Å². The molecular weight excluding hydrogens is 280 g/mol. The summed E-state index contributed by atoms with van der Waals surface area (Å²) >= 11 is 3.24. The molecule has 0 fully saturated rings. The van der Waals surface area contributed by atoms with Gasteiger partial charge in [-0.2, -0.15) is 0 Å². The number of hydrogen-bond donors (Lipinski definition) is 1. The molecule has 0 saturated carbocycles. The van der Waals surface area contributed by atoms with Gasteiger partial charge in [0.05, 0.1) is 25.6 Å². The van der Waals surface area contributed by atoms with Crippen molar-refractivity contribution in [3.63, 3.8) is 0 Å². The Morgan fingerprint density at radius 3 is 2.89 bits per heavy atom. The minimum absolute atomic E-state index is 0.0358. The predicted octanol–water partition coefficient (Wildman–Crippen LogP) is 3.16. The van der Waals surface area contributed by atoms with Gasteiger partial charge in [-0.05, 0) is 18.4 Å². The zero-order valence-electron chi connectivity index (χ0n) is 10.8. The molecule has 0 radical (unpaired) electrons. The van der Waals surface area contributed by atoms with Gasteiger partial charge < -0.3 is 4.74 Å². The van der Waals surface area contributed by atoms with Crippen LogP contribution in [-0.4, -0.2) is 18.1 Å². The zero-order chi connectivity index (χ0) is 13.7. The van der Waals surface area contributed by atoms with Crippen LogP contribution in [-0.2, 0) is 9.53 Å². The van der Waals surface area contributed by atoms with Crippen LogP contribution in [0.4, 0.5) is 0 Å². The molecule has 6 heteroatoms. The first-order valence-electron chi connectivity index (χ1n) is 5.96. The molecular formula is C13H16N2O2S2. The number of aromatic nitrogens is 1. The van der Waals surface area contributed by atoms with E-state index in [1.54, 1.807) is 28.9 Å². The summed E-state index contributed by atoms with van der Waals surface area (Å²) in [6.45, 7) is 2.05. The van der Waals surface area contributed by atoms with Crippen molar-refractivity contribution >= 4 is 28.6 Å². The van der Waals surface area contributed by atoms with Crippen LogP contribution in [0, 0.1) is 0 Å². The third-order valence-corrected chi connectivity index (χ3v) is 4.70. The van der Waals surface area contributed by atoms with E-state index >= 15 is 0 Å². The molecule has 0 aromatic carbocycles. The highest BCUT2D eigenvalue weighted by Crippen LogP contribution is 2.26. The first-order valence-corrected chi connectivity index (χ1v) is 7.72. The Bertz CT molecular complexity index is 497. The van der Waals surface area contributed by atoms with E-state index < -0.39 is 0 Å². The van der Waals surface area contributed by atoms with Crippen molar-refractivity contribution in [3.05, 3.63) is 39.0 Å². The molecule has 0 aliphatic rings. The minimum atomic E-state index is -0.211. The summed E-state index contributed by atoms with van der Waals surface area (Å²) in [5.41, 5.74) is 0. The van der Waals surface area contributed by atoms with Gasteiger partial charge in [-0.3, -0.25) is 10.1 Å². The van der Waals surface area contributed by atoms with Gasteiger partial charge in [-0.25, -0.2) is 4.98 Å². The largest absolute Gasteiger partial charge is 0.469 e. The van der Waals surface area contributed by atoms with E-state index in [9.17, 15) is 4.79 Å². The van der Waals surface area contributed by atoms with Gasteiger partial charge in [0.2, 0.25) is 0 Å². The van der Waals surface area contributed by atoms with Crippen LogP contribution in [0.3, 0.4) is 0 Å². The van der Waals surface area contributed by atoms with E-state index in [1.165, 1.54) is 7.11 Å². The van der Waals surface area contributed by atoms with Gasteiger partial charge in [0, 0.05) is 16.5 Å². The molecule has 2 heterocycles. The number of nitrogens with one attached hydrogen (secondary N) is 1. The maximum Gasteiger partial charge on any atom is 0.307 e. The lowest BCUT2D eigenvalue weighted by atomic mass is 10.1. The van der Waals surface area contributed by atoms with Crippen LogP contribution in [0.1, 0.15) is 35.3 Å². The number of esters is 1. The summed E-state index contributed by atoms with van der Waals surface area (Å²) in [7, 11) is 1.41. The van der Waals surface area contributed by atoms with Crippen molar-refractivity contribution in [3.8, 4) is 0 Å². The number of thiophene rings is 1. The second-order valence-corrected chi connectivity index (χ2v) is 6.01. The highest BCUT2D eigenvalue weighted by molar-refractivity contribution is 7.10. The summed E-state index contributed by atoms with van der Waals surface area (Å²) in [5, 5.41) is 8.43. The van der Waals surface area contributed by atoms with Crippen molar-refractivity contribution in [1.29, 1.82) is 0 Å². The second-order valence-electron chi connectivity index (χ2n) is 4.11. The van der Waals surface area contributed by atoms with Crippen LogP contribution < -0.4 is 5.32 Å². The Hall–Kier alpha value is -1.24. The Balaban J connectivity index is 2.07. The fraction of sp³-hybridized carbons (Fsp3) is 0.385. The first-order chi connectivity index (χ1) is 9.20. The first kappa shape index (κ1) is 14.2. The summed E-state index contributed by atoms with van der Waals surface area (Å²) in [4.78, 5) is 16.9. The molecule has 2 rings (SSSR count). The highest BCUT2D eigenvalue weighted by atomic mass is 32.1. The molecule has 1 N–H and O–H groups in total. The maximum absolute atomic E-state index is 11.5. The molecule has 4 nitrogen and oxygen atoms in total. The van der Waals surface area contributed by atoms with E-state index in [2.05, 4.69) is 17.2 Å². The molecule has 2 aromatic rings. The van der Waals surface area contributed by atoms with E-state index in [4.69, 9.17) is 4.74 Å². The quantitative estimate of drug-likeness (QED) is 0.832. The summed E-state index contributed by atoms with van der Waals surface area (Å²) in [6.07, 6.45) is 2.12. The van der Waals surface area contributed by atoms with Crippen LogP contribution in [0.2, 0.25) is 0 Å². The lowest BCUT2D eigenvalue weighted by Gasteiger charge is -2.20. The Morgan fingerprint density at radius 1 is 1.47 bits per heavy atom. The molecule has 2 atom stereocenters. The van der Waals surface area contributed by atoms with Gasteiger partial charge >= 0.3 is 5.97 Å². The molecule has 0 bridgehead atoms. The number of carbonyl (C=O) groups excluding carboxylic acids is 1. The van der Waals surface area contributed by atoms with E-state index in [0.717, 1.165) is 9.88 Å². The summed E-state index contributed by atoms with van der Waals surface area (Å²) in [5.74, 6) is -0.211. The lowest BCUT2D eigenvalue weighted by Crippen LogP contribution is -2.26. The standard InChI is InChI=1S/C13H16N2O2S2/c1-9(13-14-5-7-19-13)15-10(8-12(16)17-2)11-4-3-6-18-11/h3-7,9-10,15H,8H2,1-2H3. The topological polar surface area (TPSA) is 51.2 Å². The summed E-state index contributed by atoms with van der Waals surface area (Å²) in [6, 6.07) is 4.09. The average molecular weight is 296 g/mol. The smallest absolute Gasteiger partial charge is 0.307 e. The molecule has 2 aromatic heterocycles. The molecule has 0 amide bonds. The van der Waals surface area contributed by atoms with Gasteiger partial charge in [-0.15, -0.1) is 22.7 Å². The highest BCUT2D eigenvalue weighted by Gasteiger charge is 2.20. The minimum Gasteiger partial charge on any atom is -0.469 e. The predicted molar refractivity (Wildman–Crippen MR) is 77.4 cm³/mol. The third kappa shape index (κ3) is 3.86. The number of rotatable bonds is 6. The fourth-order valence-corrected chi connectivity index (χ4v) is 3.24. The van der Waals surface area contributed by atoms with Crippen molar-refractivity contribution in [2.24, 2.45) is 0 Å². The zero-order valence-corrected chi connectivity index (χ0v) is 12.5. The van der Waals surface area contributed by atoms with Crippen LogP contribution in [0.15, 0.2) is 29.1 Å². The third-order valence-electron chi connectivity index (χ3n) is 2.76. The van der Waals surface area contributed by atoms with Crippen LogP contribution in [0.5, 0.6) is 0 Å². The van der Waals surface area contributed by atoms with E-state index in [0.29, 0.717) is 6.42 Å². The molecule has 0 aliphatic carbocycles. The van der Waals surface area contributed by atoms with Crippen LogP contribution in [0.25, 0.3) is 0 Å². The Labute approximate surface area is 120 Å². The van der Waals surface area contributed by atoms with Gasteiger partial charge in [0.1, 0.15) is 5.01 Å². The van der Waals surface area contributed by atoms with Crippen molar-refractivity contribution in [2.75, 3.05) is 7.11 Å². The van der Waals surface area contributed by atoms with Crippen LogP contribution >= 0.6 is 22.7 Å². The molecule has 2 unspecified atom stereocenters.